The number of piperidine rings is 2. The van der Waals surface area contributed by atoms with Crippen LogP contribution in [0.2, 0.25) is 10.0 Å². The van der Waals surface area contributed by atoms with E-state index in [0.29, 0.717) is 46.7 Å². The number of halogens is 2. The molecule has 20 nitrogen and oxygen atoms in total. The monoisotopic (exact) mass is 1210 g/mol. The van der Waals surface area contributed by atoms with Gasteiger partial charge < -0.3 is 41.0 Å². The number of likely N-dealkylation sites (tertiary alicyclic amines) is 1. The maximum Gasteiger partial charge on any atom is 0.229 e. The van der Waals surface area contributed by atoms with Crippen molar-refractivity contribution in [3.8, 4) is 11.5 Å². The molecular formula is C59H78Cl2N14O6S2. The average molecular weight is 1210 g/mol. The van der Waals surface area contributed by atoms with Crippen molar-refractivity contribution in [2.24, 2.45) is 11.8 Å². The second-order valence-electron chi connectivity index (χ2n) is 24.5. The first-order valence-corrected chi connectivity index (χ1v) is 33.5. The molecule has 2 saturated heterocycles. The summed E-state index contributed by atoms with van der Waals surface area (Å²) in [7, 11) is -5.04. The molecule has 2 saturated carbocycles. The number of fused-ring (bicyclic) bond motifs is 2. The van der Waals surface area contributed by atoms with E-state index in [-0.39, 0.29) is 67.7 Å². The molecule has 2 atom stereocenters. The average Bonchev–Trinajstić information content (AvgIpc) is 3.20. The van der Waals surface area contributed by atoms with Crippen molar-refractivity contribution in [3.63, 3.8) is 0 Å². The summed E-state index contributed by atoms with van der Waals surface area (Å²) in [4.78, 5) is 20.5. The molecule has 6 aromatic rings. The minimum Gasteiger partial charge on any atom is -0.488 e. The van der Waals surface area contributed by atoms with Crippen molar-refractivity contribution < 1.29 is 26.3 Å². The van der Waals surface area contributed by atoms with E-state index in [1.165, 1.54) is 45.8 Å². The van der Waals surface area contributed by atoms with E-state index in [1.54, 1.807) is 21.8 Å². The van der Waals surface area contributed by atoms with Gasteiger partial charge in [0, 0.05) is 24.0 Å². The number of rotatable bonds is 18. The maximum absolute atomic E-state index is 13.2. The molecule has 4 aliphatic heterocycles. The van der Waals surface area contributed by atoms with Gasteiger partial charge in [-0.1, -0.05) is 50.9 Å². The van der Waals surface area contributed by atoms with Crippen LogP contribution in [0.1, 0.15) is 150 Å². The summed E-state index contributed by atoms with van der Waals surface area (Å²) >= 11 is 13.0. The first kappa shape index (κ1) is 59.0. The number of hydrogen-bond donors (Lipinski definition) is 5. The first-order valence-electron chi connectivity index (χ1n) is 29.4. The zero-order chi connectivity index (χ0) is 58.6. The minimum absolute atomic E-state index is 0.00389. The molecule has 6 aliphatic rings. The summed E-state index contributed by atoms with van der Waals surface area (Å²) in [6, 6.07) is 4.69. The van der Waals surface area contributed by atoms with Gasteiger partial charge in [0.1, 0.15) is 33.8 Å². The van der Waals surface area contributed by atoms with Crippen molar-refractivity contribution in [3.05, 3.63) is 80.3 Å². The van der Waals surface area contributed by atoms with Crippen molar-refractivity contribution >= 4 is 89.2 Å². The Balaban J connectivity index is 0.000000174. The van der Waals surface area contributed by atoms with Crippen LogP contribution in [0.4, 0.5) is 46.3 Å². The number of aryl methyl sites for hydroxylation is 2. The van der Waals surface area contributed by atoms with E-state index >= 15 is 0 Å². The molecule has 24 heteroatoms. The third kappa shape index (κ3) is 13.2. The Labute approximate surface area is 497 Å². The predicted octanol–water partition coefficient (Wildman–Crippen LogP) is 11.7. The Morgan fingerprint density at radius 3 is 1.42 bits per heavy atom. The number of hydrogen-bond acceptors (Lipinski definition) is 18. The molecule has 4 fully saturated rings. The van der Waals surface area contributed by atoms with Crippen LogP contribution in [0.3, 0.4) is 0 Å². The molecule has 0 bridgehead atoms. The van der Waals surface area contributed by atoms with E-state index in [1.807, 2.05) is 27.7 Å². The van der Waals surface area contributed by atoms with Gasteiger partial charge in [0.2, 0.25) is 21.9 Å². The van der Waals surface area contributed by atoms with Gasteiger partial charge in [0.05, 0.1) is 71.1 Å². The number of nitrogens with one attached hydrogen (secondary N) is 5. The number of anilines is 8. The lowest BCUT2D eigenvalue weighted by molar-refractivity contribution is 0.254. The second-order valence-corrected chi connectivity index (χ2v) is 29.3. The lowest BCUT2D eigenvalue weighted by atomic mass is 9.82. The van der Waals surface area contributed by atoms with E-state index in [0.717, 1.165) is 113 Å². The highest BCUT2D eigenvalue weighted by molar-refractivity contribution is 7.91. The highest BCUT2D eigenvalue weighted by Crippen LogP contribution is 2.48. The summed E-state index contributed by atoms with van der Waals surface area (Å²) in [6.07, 6.45) is 16.9. The lowest BCUT2D eigenvalue weighted by Crippen LogP contribution is -2.29. The van der Waals surface area contributed by atoms with Crippen LogP contribution in [0.5, 0.6) is 11.5 Å². The molecule has 2 aliphatic carbocycles. The topological polar surface area (TPSA) is 237 Å². The molecule has 4 aromatic heterocycles. The molecule has 2 aromatic carbocycles. The van der Waals surface area contributed by atoms with E-state index in [9.17, 15) is 16.8 Å². The van der Waals surface area contributed by atoms with Crippen molar-refractivity contribution in [2.45, 2.75) is 166 Å². The van der Waals surface area contributed by atoms with Crippen LogP contribution in [0, 0.1) is 25.7 Å². The van der Waals surface area contributed by atoms with Crippen LogP contribution in [-0.4, -0.2) is 118 Å². The van der Waals surface area contributed by atoms with E-state index in [2.05, 4.69) is 108 Å². The molecular weight excluding hydrogens is 1140 g/mol. The van der Waals surface area contributed by atoms with Crippen LogP contribution in [-0.2, 0) is 32.5 Å². The zero-order valence-corrected chi connectivity index (χ0v) is 52.1. The maximum atomic E-state index is 13.2. The summed E-state index contributed by atoms with van der Waals surface area (Å²) in [5.74, 6) is 3.98. The molecule has 0 spiro atoms. The van der Waals surface area contributed by atoms with Gasteiger partial charge in [-0.15, -0.1) is 0 Å². The number of aromatic nitrogens is 8. The molecule has 0 unspecified atom stereocenters. The standard InChI is InChI=1S/C30H40ClN7O3S.C29H38ClN7O3S/c1-17(2)16-42(39,40)29-25(15-38(36-29)21-6-7-21)33-28-23(31)14-32-30(35-28)34-24-12-18(3)26(20-8-10-37(5)11-9-20)22-13-19(4)41-27(22)24;1-16(2)15-41(38,39)28-24(14-37(36-28)20-5-6-20)33-27-22(30)13-32-29(35-27)34-23-11-17(3)25(19-7-9-31-10-8-19)21-12-18(4)40-26(21)23/h12,14-15,17,19-21H,6-11,13,16H2,1-5H3,(H2,32,33,34,35);11,13-14,16,18-20,31H,5-10,12,15H2,1-4H3,(H2,32,33,34,35)/t19-;18-/m11/s1. The quantitative estimate of drug-likeness (QED) is 0.0538. The smallest absolute Gasteiger partial charge is 0.229 e. The van der Waals surface area contributed by atoms with Gasteiger partial charge in [0.25, 0.3) is 0 Å². The van der Waals surface area contributed by atoms with Crippen LogP contribution in [0.25, 0.3) is 0 Å². The van der Waals surface area contributed by atoms with Crippen molar-refractivity contribution in [2.75, 3.05) is 66.0 Å². The molecule has 446 valence electrons. The summed E-state index contributed by atoms with van der Waals surface area (Å²) in [6.45, 7) is 20.3. The molecule has 5 N–H and O–H groups in total. The SMILES string of the molecule is Cc1cc(Nc2ncc(Cl)c(Nc3cn(C4CC4)nc3S(=O)(=O)CC(C)C)n2)c2c(c1C1CCN(C)CC1)C[C@@H](C)O2.Cc1cc(Nc2ncc(Cl)c(Nc3cn(C4CC4)nc3S(=O)(=O)CC(C)C)n2)c2c(c1C1CCNCC1)C[C@@H](C)O2. The number of benzene rings is 2. The highest BCUT2D eigenvalue weighted by atomic mass is 35.5. The lowest BCUT2D eigenvalue weighted by Gasteiger charge is -2.31. The highest BCUT2D eigenvalue weighted by Gasteiger charge is 2.36. The van der Waals surface area contributed by atoms with Crippen LogP contribution >= 0.6 is 23.2 Å². The van der Waals surface area contributed by atoms with Gasteiger partial charge in [0.15, 0.2) is 31.3 Å². The number of ether oxygens (including phenoxy) is 2. The van der Waals surface area contributed by atoms with Gasteiger partial charge in [-0.25, -0.2) is 26.8 Å². The fraction of sp³-hybridized carbons (Fsp3) is 0.559. The van der Waals surface area contributed by atoms with Gasteiger partial charge in [-0.05, 0) is 170 Å². The fourth-order valence-electron chi connectivity index (χ4n) is 12.2. The predicted molar refractivity (Wildman–Crippen MR) is 326 cm³/mol. The van der Waals surface area contributed by atoms with Gasteiger partial charge in [-0.3, -0.25) is 9.36 Å². The summed E-state index contributed by atoms with van der Waals surface area (Å²) < 4.78 is 69.0. The van der Waals surface area contributed by atoms with Crippen molar-refractivity contribution in [1.29, 1.82) is 0 Å². The van der Waals surface area contributed by atoms with Crippen molar-refractivity contribution in [1.82, 2.24) is 49.7 Å². The van der Waals surface area contributed by atoms with Gasteiger partial charge >= 0.3 is 0 Å². The fourth-order valence-corrected chi connectivity index (χ4v) is 15.9. The summed E-state index contributed by atoms with van der Waals surface area (Å²) in [5.41, 5.74) is 10.2. The third-order valence-electron chi connectivity index (χ3n) is 16.2. The Bertz CT molecular complexity index is 3630. The first-order chi connectivity index (χ1) is 39.6. The van der Waals surface area contributed by atoms with E-state index < -0.39 is 19.7 Å². The minimum atomic E-state index is -3.62. The van der Waals surface area contributed by atoms with Crippen LogP contribution < -0.4 is 36.1 Å². The molecule has 83 heavy (non-hydrogen) atoms. The number of sulfone groups is 2. The zero-order valence-electron chi connectivity index (χ0n) is 48.9. The number of nitrogens with zero attached hydrogens (tertiary/aromatic N) is 9. The summed E-state index contributed by atoms with van der Waals surface area (Å²) in [5, 5.41) is 26.0. The normalized spacial score (nSPS) is 19.5. The van der Waals surface area contributed by atoms with Gasteiger partial charge in [-0.2, -0.15) is 20.2 Å². The van der Waals surface area contributed by atoms with E-state index in [4.69, 9.17) is 32.7 Å². The Kier molecular flexibility index (Phi) is 17.0. The second kappa shape index (κ2) is 23.9. The molecule has 12 rings (SSSR count). The Morgan fingerprint density at radius 1 is 0.614 bits per heavy atom. The Hall–Kier alpha value is -5.78. The van der Waals surface area contributed by atoms with Crippen LogP contribution in [0.15, 0.2) is 47.0 Å². The largest absolute Gasteiger partial charge is 0.488 e. The third-order valence-corrected chi connectivity index (χ3v) is 20.7. The molecule has 0 radical (unpaired) electrons. The Morgan fingerprint density at radius 2 is 1.02 bits per heavy atom. The molecule has 0 amide bonds. The molecule has 8 heterocycles.